The molecule has 0 aliphatic carbocycles. The SMILES string of the molecule is Nc1ccc2nc(S(=O)CCOCC(F)(F)F)[nH]c2c1. The van der Waals surface area contributed by atoms with E-state index in [2.05, 4.69) is 14.7 Å². The van der Waals surface area contributed by atoms with E-state index in [9.17, 15) is 17.4 Å². The van der Waals surface area contributed by atoms with Crippen LogP contribution in [0.2, 0.25) is 0 Å². The lowest BCUT2D eigenvalue weighted by molar-refractivity contribution is -0.172. The van der Waals surface area contributed by atoms with E-state index in [0.717, 1.165) is 0 Å². The second-order valence-corrected chi connectivity index (χ2v) is 5.52. The first-order valence-electron chi connectivity index (χ1n) is 5.63. The van der Waals surface area contributed by atoms with Gasteiger partial charge in [-0.05, 0) is 18.2 Å². The molecule has 110 valence electrons. The molecule has 0 radical (unpaired) electrons. The third-order valence-electron chi connectivity index (χ3n) is 2.38. The fourth-order valence-electron chi connectivity index (χ4n) is 1.53. The normalized spacial score (nSPS) is 13.8. The summed E-state index contributed by atoms with van der Waals surface area (Å²) in [6, 6.07) is 4.97. The van der Waals surface area contributed by atoms with Gasteiger partial charge < -0.3 is 15.5 Å². The Morgan fingerprint density at radius 1 is 1.40 bits per heavy atom. The topological polar surface area (TPSA) is 81.0 Å². The standard InChI is InChI=1S/C11H12F3N3O2S/c12-11(13,14)6-19-3-4-20(18)10-16-8-2-1-7(15)5-9(8)17-10/h1-2,5H,3-4,6,15H2,(H,16,17). The zero-order valence-corrected chi connectivity index (χ0v) is 11.1. The van der Waals surface area contributed by atoms with Gasteiger partial charge in [0.1, 0.15) is 6.61 Å². The molecule has 0 amide bonds. The van der Waals surface area contributed by atoms with Crippen molar-refractivity contribution in [2.24, 2.45) is 0 Å². The molecule has 0 saturated heterocycles. The molecule has 0 spiro atoms. The molecule has 0 saturated carbocycles. The number of nitrogen functional groups attached to an aromatic ring is 1. The van der Waals surface area contributed by atoms with Crippen molar-refractivity contribution < 1.29 is 22.1 Å². The number of fused-ring (bicyclic) bond motifs is 1. The van der Waals surface area contributed by atoms with Crippen LogP contribution >= 0.6 is 0 Å². The number of nitrogens with zero attached hydrogens (tertiary/aromatic N) is 1. The number of alkyl halides is 3. The van der Waals surface area contributed by atoms with Gasteiger partial charge in [0, 0.05) is 5.69 Å². The number of ether oxygens (including phenoxy) is 1. The number of hydrogen-bond acceptors (Lipinski definition) is 4. The zero-order valence-electron chi connectivity index (χ0n) is 10.2. The highest BCUT2D eigenvalue weighted by Crippen LogP contribution is 2.17. The average Bonchev–Trinajstić information content (AvgIpc) is 2.76. The molecule has 5 nitrogen and oxygen atoms in total. The molecule has 1 aromatic carbocycles. The van der Waals surface area contributed by atoms with Crippen molar-refractivity contribution in [3.05, 3.63) is 18.2 Å². The fourth-order valence-corrected chi connectivity index (χ4v) is 2.42. The van der Waals surface area contributed by atoms with Gasteiger partial charge in [-0.25, -0.2) is 4.98 Å². The lowest BCUT2D eigenvalue weighted by Crippen LogP contribution is -2.19. The van der Waals surface area contributed by atoms with E-state index in [1.165, 1.54) is 0 Å². The number of imidazole rings is 1. The van der Waals surface area contributed by atoms with E-state index in [-0.39, 0.29) is 17.5 Å². The summed E-state index contributed by atoms with van der Waals surface area (Å²) < 4.78 is 51.8. The van der Waals surface area contributed by atoms with Crippen molar-refractivity contribution in [3.63, 3.8) is 0 Å². The van der Waals surface area contributed by atoms with Gasteiger partial charge in [-0.15, -0.1) is 0 Å². The maximum atomic E-state index is 11.8. The number of anilines is 1. The fraction of sp³-hybridized carbons (Fsp3) is 0.364. The maximum absolute atomic E-state index is 11.8. The second kappa shape index (κ2) is 5.80. The summed E-state index contributed by atoms with van der Waals surface area (Å²) in [6.07, 6.45) is -4.38. The summed E-state index contributed by atoms with van der Waals surface area (Å²) in [5, 5.41) is 0.196. The second-order valence-electron chi connectivity index (χ2n) is 4.04. The van der Waals surface area contributed by atoms with E-state index in [4.69, 9.17) is 5.73 Å². The molecule has 2 aromatic rings. The number of aromatic nitrogens is 2. The molecule has 1 unspecified atom stereocenters. The summed E-state index contributed by atoms with van der Waals surface area (Å²) >= 11 is 0. The number of nitrogens with one attached hydrogen (secondary N) is 1. The van der Waals surface area contributed by atoms with Gasteiger partial charge in [-0.2, -0.15) is 13.2 Å². The van der Waals surface area contributed by atoms with E-state index in [0.29, 0.717) is 16.7 Å². The van der Waals surface area contributed by atoms with Crippen LogP contribution < -0.4 is 5.73 Å². The van der Waals surface area contributed by atoms with Gasteiger partial charge >= 0.3 is 6.18 Å². The predicted molar refractivity (Wildman–Crippen MR) is 68.7 cm³/mol. The lowest BCUT2D eigenvalue weighted by Gasteiger charge is -2.06. The van der Waals surface area contributed by atoms with Crippen LogP contribution in [0.3, 0.4) is 0 Å². The highest BCUT2D eigenvalue weighted by Gasteiger charge is 2.27. The third kappa shape index (κ3) is 3.94. The number of rotatable bonds is 5. The average molecular weight is 307 g/mol. The summed E-state index contributed by atoms with van der Waals surface area (Å²) in [7, 11) is -1.55. The van der Waals surface area contributed by atoms with Crippen LogP contribution in [0.4, 0.5) is 18.9 Å². The van der Waals surface area contributed by atoms with Crippen molar-refractivity contribution in [2.75, 3.05) is 24.7 Å². The molecule has 0 aliphatic heterocycles. The molecule has 1 aromatic heterocycles. The van der Waals surface area contributed by atoms with Gasteiger partial charge in [0.05, 0.1) is 34.2 Å². The Morgan fingerprint density at radius 2 is 2.15 bits per heavy atom. The molecule has 9 heteroatoms. The zero-order chi connectivity index (χ0) is 14.8. The molecule has 0 aliphatic rings. The monoisotopic (exact) mass is 307 g/mol. The van der Waals surface area contributed by atoms with Crippen molar-refractivity contribution in [1.82, 2.24) is 9.97 Å². The Bertz CT molecular complexity index is 627. The van der Waals surface area contributed by atoms with E-state index in [1.807, 2.05) is 0 Å². The Labute approximate surface area is 114 Å². The van der Waals surface area contributed by atoms with Crippen LogP contribution in [0.15, 0.2) is 23.4 Å². The van der Waals surface area contributed by atoms with Crippen LogP contribution in [-0.2, 0) is 15.5 Å². The van der Waals surface area contributed by atoms with Crippen LogP contribution in [0.1, 0.15) is 0 Å². The van der Waals surface area contributed by atoms with Crippen LogP contribution in [-0.4, -0.2) is 39.3 Å². The minimum Gasteiger partial charge on any atom is -0.399 e. The smallest absolute Gasteiger partial charge is 0.399 e. The van der Waals surface area contributed by atoms with Crippen LogP contribution in [0, 0.1) is 0 Å². The molecule has 1 atom stereocenters. The van der Waals surface area contributed by atoms with E-state index < -0.39 is 23.6 Å². The first kappa shape index (κ1) is 14.8. The molecular formula is C11H12F3N3O2S. The number of benzene rings is 1. The van der Waals surface area contributed by atoms with Crippen molar-refractivity contribution in [1.29, 1.82) is 0 Å². The number of aromatic amines is 1. The first-order valence-corrected chi connectivity index (χ1v) is 6.95. The van der Waals surface area contributed by atoms with Gasteiger partial charge in [-0.1, -0.05) is 0 Å². The third-order valence-corrected chi connectivity index (χ3v) is 3.54. The Balaban J connectivity index is 1.94. The van der Waals surface area contributed by atoms with Gasteiger partial charge in [0.15, 0.2) is 5.16 Å². The quantitative estimate of drug-likeness (QED) is 0.652. The van der Waals surface area contributed by atoms with Gasteiger partial charge in [0.25, 0.3) is 0 Å². The van der Waals surface area contributed by atoms with Gasteiger partial charge in [0.2, 0.25) is 0 Å². The van der Waals surface area contributed by atoms with E-state index >= 15 is 0 Å². The molecule has 0 fully saturated rings. The molecule has 2 rings (SSSR count). The molecule has 3 N–H and O–H groups in total. The predicted octanol–water partition coefficient (Wildman–Crippen LogP) is 1.83. The van der Waals surface area contributed by atoms with Crippen molar-refractivity contribution in [3.8, 4) is 0 Å². The van der Waals surface area contributed by atoms with Crippen molar-refractivity contribution in [2.45, 2.75) is 11.3 Å². The highest BCUT2D eigenvalue weighted by atomic mass is 32.2. The minimum absolute atomic E-state index is 0.0641. The number of halogens is 3. The Kier molecular flexibility index (Phi) is 4.29. The number of nitrogens with two attached hydrogens (primary N) is 1. The van der Waals surface area contributed by atoms with Gasteiger partial charge in [-0.3, -0.25) is 4.21 Å². The van der Waals surface area contributed by atoms with Crippen molar-refractivity contribution >= 4 is 27.5 Å². The summed E-state index contributed by atoms with van der Waals surface area (Å²) in [4.78, 5) is 6.92. The van der Waals surface area contributed by atoms with Crippen LogP contribution in [0.5, 0.6) is 0 Å². The Morgan fingerprint density at radius 3 is 2.85 bits per heavy atom. The number of hydrogen-bond donors (Lipinski definition) is 2. The number of H-pyrrole nitrogens is 1. The highest BCUT2D eigenvalue weighted by molar-refractivity contribution is 7.84. The minimum atomic E-state index is -4.38. The summed E-state index contributed by atoms with van der Waals surface area (Å²) in [6.45, 7) is -1.60. The Hall–Kier alpha value is -1.61. The largest absolute Gasteiger partial charge is 0.411 e. The molecular weight excluding hydrogens is 295 g/mol. The molecule has 0 bridgehead atoms. The summed E-state index contributed by atoms with van der Waals surface area (Å²) in [5.74, 6) is -0.0641. The molecule has 1 heterocycles. The molecule has 20 heavy (non-hydrogen) atoms. The summed E-state index contributed by atoms with van der Waals surface area (Å²) in [5.41, 5.74) is 7.36. The van der Waals surface area contributed by atoms with E-state index in [1.54, 1.807) is 18.2 Å². The van der Waals surface area contributed by atoms with Crippen LogP contribution in [0.25, 0.3) is 11.0 Å². The maximum Gasteiger partial charge on any atom is 0.411 e. The lowest BCUT2D eigenvalue weighted by atomic mass is 10.3. The first-order chi connectivity index (χ1) is 9.35.